The zero-order chi connectivity index (χ0) is 19.2. The Morgan fingerprint density at radius 3 is 2.29 bits per heavy atom. The van der Waals surface area contributed by atoms with Crippen LogP contribution in [0.4, 0.5) is 5.69 Å². The van der Waals surface area contributed by atoms with Gasteiger partial charge in [-0.3, -0.25) is 9.79 Å². The number of nitrogens with one attached hydrogen (secondary N) is 1. The van der Waals surface area contributed by atoms with Gasteiger partial charge in [-0.1, -0.05) is 12.1 Å². The van der Waals surface area contributed by atoms with Crippen LogP contribution in [-0.2, 0) is 6.54 Å². The van der Waals surface area contributed by atoms with E-state index < -0.39 is 0 Å². The molecule has 0 unspecified atom stereocenters. The summed E-state index contributed by atoms with van der Waals surface area (Å²) in [5.41, 5.74) is 2.38. The molecule has 1 saturated heterocycles. The highest BCUT2D eigenvalue weighted by molar-refractivity contribution is 14.0. The predicted molar refractivity (Wildman–Crippen MR) is 123 cm³/mol. The maximum atomic E-state index is 12.4. The van der Waals surface area contributed by atoms with Gasteiger partial charge in [0.15, 0.2) is 11.7 Å². The van der Waals surface area contributed by atoms with Gasteiger partial charge in [0, 0.05) is 59.6 Å². The lowest BCUT2D eigenvalue weighted by molar-refractivity contribution is 0.0657. The average molecular weight is 497 g/mol. The maximum Gasteiger partial charge on any atom is 0.289 e. The number of anilines is 1. The molecule has 8 heteroatoms. The van der Waals surface area contributed by atoms with Crippen LogP contribution in [0.15, 0.2) is 52.1 Å². The molecule has 0 aliphatic carbocycles. The minimum atomic E-state index is -0.0522. The second-order valence-corrected chi connectivity index (χ2v) is 6.72. The van der Waals surface area contributed by atoms with Gasteiger partial charge >= 0.3 is 0 Å². The zero-order valence-corrected chi connectivity index (χ0v) is 18.9. The molecule has 152 valence electrons. The molecule has 0 saturated carbocycles. The monoisotopic (exact) mass is 497 g/mol. The van der Waals surface area contributed by atoms with Gasteiger partial charge in [0.05, 0.1) is 6.26 Å². The van der Waals surface area contributed by atoms with Crippen LogP contribution < -0.4 is 10.2 Å². The van der Waals surface area contributed by atoms with E-state index in [2.05, 4.69) is 44.4 Å². The highest BCUT2D eigenvalue weighted by atomic mass is 127. The number of halogens is 1. The standard InChI is InChI=1S/C20H27N5O2.HI/c1-21-20(22-15-16-6-8-17(9-7-16)23(2)3)25-12-10-24(11-13-25)19(26)18-5-4-14-27-18;/h4-9,14H,10-13,15H2,1-3H3,(H,21,22);1H. The minimum absolute atomic E-state index is 0. The van der Waals surface area contributed by atoms with Crippen molar-refractivity contribution < 1.29 is 9.21 Å². The van der Waals surface area contributed by atoms with E-state index in [1.165, 1.54) is 17.5 Å². The molecule has 1 N–H and O–H groups in total. The van der Waals surface area contributed by atoms with Gasteiger partial charge < -0.3 is 24.4 Å². The lowest BCUT2D eigenvalue weighted by atomic mass is 10.2. The van der Waals surface area contributed by atoms with Crippen molar-refractivity contribution in [3.05, 3.63) is 54.0 Å². The number of benzene rings is 1. The number of aliphatic imine (C=N–C) groups is 1. The van der Waals surface area contributed by atoms with E-state index in [1.807, 2.05) is 19.0 Å². The van der Waals surface area contributed by atoms with Crippen LogP contribution in [0.25, 0.3) is 0 Å². The number of amides is 1. The summed E-state index contributed by atoms with van der Waals surface area (Å²) in [5.74, 6) is 1.20. The van der Waals surface area contributed by atoms with Gasteiger partial charge in [0.2, 0.25) is 0 Å². The number of carbonyl (C=O) groups excluding carboxylic acids is 1. The Morgan fingerprint density at radius 2 is 1.75 bits per heavy atom. The first kappa shape index (κ1) is 22.1. The molecular formula is C20H28IN5O2. The average Bonchev–Trinajstić information content (AvgIpc) is 3.23. The molecule has 1 aliphatic heterocycles. The molecule has 1 aliphatic rings. The van der Waals surface area contributed by atoms with E-state index >= 15 is 0 Å². The fourth-order valence-electron chi connectivity index (χ4n) is 3.10. The predicted octanol–water partition coefficient (Wildman–Crippen LogP) is 2.50. The Balaban J connectivity index is 0.00000280. The van der Waals surface area contributed by atoms with E-state index in [9.17, 15) is 4.79 Å². The van der Waals surface area contributed by atoms with Crippen LogP contribution in [0.2, 0.25) is 0 Å². The number of hydrogen-bond acceptors (Lipinski definition) is 4. The van der Waals surface area contributed by atoms with Crippen LogP contribution in [0.5, 0.6) is 0 Å². The number of nitrogens with zero attached hydrogens (tertiary/aromatic N) is 4. The molecule has 28 heavy (non-hydrogen) atoms. The summed E-state index contributed by atoms with van der Waals surface area (Å²) in [6.45, 7) is 3.50. The van der Waals surface area contributed by atoms with Crippen molar-refractivity contribution in [2.24, 2.45) is 4.99 Å². The Hall–Kier alpha value is -2.23. The van der Waals surface area contributed by atoms with Gasteiger partial charge in [-0.25, -0.2) is 0 Å². The van der Waals surface area contributed by atoms with Crippen molar-refractivity contribution >= 4 is 41.5 Å². The third-order valence-corrected chi connectivity index (χ3v) is 4.71. The van der Waals surface area contributed by atoms with Gasteiger partial charge in [-0.05, 0) is 29.8 Å². The van der Waals surface area contributed by atoms with Gasteiger partial charge in [0.25, 0.3) is 5.91 Å². The number of rotatable bonds is 4. The van der Waals surface area contributed by atoms with Crippen molar-refractivity contribution in [1.82, 2.24) is 15.1 Å². The molecular weight excluding hydrogens is 469 g/mol. The summed E-state index contributed by atoms with van der Waals surface area (Å²) in [4.78, 5) is 22.8. The Bertz CT molecular complexity index is 766. The van der Waals surface area contributed by atoms with Crippen LogP contribution >= 0.6 is 24.0 Å². The molecule has 0 bridgehead atoms. The second kappa shape index (κ2) is 10.4. The molecule has 7 nitrogen and oxygen atoms in total. The van der Waals surface area contributed by atoms with Gasteiger partial charge in [-0.2, -0.15) is 0 Å². The first-order valence-electron chi connectivity index (χ1n) is 9.13. The molecule has 2 heterocycles. The fraction of sp³-hybridized carbons (Fsp3) is 0.400. The fourth-order valence-corrected chi connectivity index (χ4v) is 3.10. The largest absolute Gasteiger partial charge is 0.459 e. The molecule has 1 amide bonds. The Kier molecular flexibility index (Phi) is 8.16. The van der Waals surface area contributed by atoms with E-state index in [0.29, 0.717) is 25.4 Å². The molecule has 2 aromatic rings. The molecule has 1 aromatic carbocycles. The number of carbonyl (C=O) groups is 1. The Labute approximate surface area is 183 Å². The van der Waals surface area contributed by atoms with Crippen molar-refractivity contribution in [2.45, 2.75) is 6.54 Å². The van der Waals surface area contributed by atoms with Crippen LogP contribution in [0, 0.1) is 0 Å². The molecule has 0 radical (unpaired) electrons. The quantitative estimate of drug-likeness (QED) is 0.400. The summed E-state index contributed by atoms with van der Waals surface area (Å²) in [5, 5.41) is 3.42. The van der Waals surface area contributed by atoms with Gasteiger partial charge in [-0.15, -0.1) is 24.0 Å². The molecule has 0 spiro atoms. The Morgan fingerprint density at radius 1 is 1.11 bits per heavy atom. The summed E-state index contributed by atoms with van der Waals surface area (Å²) in [6, 6.07) is 11.9. The van der Waals surface area contributed by atoms with Gasteiger partial charge in [0.1, 0.15) is 0 Å². The van der Waals surface area contributed by atoms with E-state index in [1.54, 1.807) is 19.2 Å². The van der Waals surface area contributed by atoms with Crippen molar-refractivity contribution in [2.75, 3.05) is 52.2 Å². The second-order valence-electron chi connectivity index (χ2n) is 6.72. The van der Waals surface area contributed by atoms with E-state index in [0.717, 1.165) is 19.0 Å². The number of hydrogen-bond donors (Lipinski definition) is 1. The first-order valence-corrected chi connectivity index (χ1v) is 9.13. The minimum Gasteiger partial charge on any atom is -0.459 e. The summed E-state index contributed by atoms with van der Waals surface area (Å²) < 4.78 is 5.21. The number of guanidine groups is 1. The van der Waals surface area contributed by atoms with E-state index in [-0.39, 0.29) is 29.9 Å². The molecule has 3 rings (SSSR count). The maximum absolute atomic E-state index is 12.4. The highest BCUT2D eigenvalue weighted by Crippen LogP contribution is 2.13. The molecule has 1 fully saturated rings. The smallest absolute Gasteiger partial charge is 0.289 e. The molecule has 1 aromatic heterocycles. The summed E-state index contributed by atoms with van der Waals surface area (Å²) >= 11 is 0. The SMILES string of the molecule is CN=C(NCc1ccc(N(C)C)cc1)N1CCN(C(=O)c2ccco2)CC1.I. The lowest BCUT2D eigenvalue weighted by Crippen LogP contribution is -2.53. The van der Waals surface area contributed by atoms with Crippen LogP contribution in [0.3, 0.4) is 0 Å². The van der Waals surface area contributed by atoms with Crippen LogP contribution in [-0.4, -0.2) is 69.0 Å². The number of furan rings is 1. The third-order valence-electron chi connectivity index (χ3n) is 4.71. The molecule has 0 atom stereocenters. The summed E-state index contributed by atoms with van der Waals surface area (Å²) in [6.07, 6.45) is 1.53. The summed E-state index contributed by atoms with van der Waals surface area (Å²) in [7, 11) is 5.86. The first-order chi connectivity index (χ1) is 13.1. The normalized spacial score (nSPS) is 14.5. The number of piperazine rings is 1. The highest BCUT2D eigenvalue weighted by Gasteiger charge is 2.25. The topological polar surface area (TPSA) is 64.3 Å². The van der Waals surface area contributed by atoms with Crippen molar-refractivity contribution in [3.8, 4) is 0 Å². The van der Waals surface area contributed by atoms with Crippen LogP contribution in [0.1, 0.15) is 16.1 Å². The lowest BCUT2D eigenvalue weighted by Gasteiger charge is -2.36. The van der Waals surface area contributed by atoms with Crippen molar-refractivity contribution in [3.63, 3.8) is 0 Å². The van der Waals surface area contributed by atoms with Crippen molar-refractivity contribution in [1.29, 1.82) is 0 Å². The van der Waals surface area contributed by atoms with E-state index in [4.69, 9.17) is 4.42 Å². The third kappa shape index (κ3) is 5.40. The zero-order valence-electron chi connectivity index (χ0n) is 16.6.